The van der Waals surface area contributed by atoms with E-state index in [4.69, 9.17) is 5.11 Å². The fraction of sp³-hybridized carbons (Fsp3) is 0.562. The number of carbonyl (C=O) groups is 1. The van der Waals surface area contributed by atoms with Crippen molar-refractivity contribution in [3.63, 3.8) is 0 Å². The van der Waals surface area contributed by atoms with Crippen LogP contribution in [0.1, 0.15) is 43.0 Å². The van der Waals surface area contributed by atoms with Crippen molar-refractivity contribution in [2.24, 2.45) is 0 Å². The Bertz CT molecular complexity index is 620. The van der Waals surface area contributed by atoms with E-state index >= 15 is 0 Å². The number of nitrogens with one attached hydrogen (secondary N) is 1. The number of aromatic carboxylic acids is 1. The SMILES string of the molecule is CCCCN1CCC(NS(=O)(=O)c2ccc(C(=O)O)cc2)CC1. The number of carboxylic acids is 1. The Morgan fingerprint density at radius 3 is 2.39 bits per heavy atom. The second-order valence-electron chi connectivity index (χ2n) is 5.92. The van der Waals surface area contributed by atoms with E-state index in [1.807, 2.05) is 0 Å². The third-order valence-corrected chi connectivity index (χ3v) is 5.69. The first kappa shape index (κ1) is 17.9. The molecule has 1 aromatic carbocycles. The monoisotopic (exact) mass is 340 g/mol. The van der Waals surface area contributed by atoms with Gasteiger partial charge in [-0.15, -0.1) is 0 Å². The Morgan fingerprint density at radius 1 is 1.26 bits per heavy atom. The van der Waals surface area contributed by atoms with E-state index in [0.29, 0.717) is 0 Å². The lowest BCUT2D eigenvalue weighted by Gasteiger charge is -2.32. The zero-order chi connectivity index (χ0) is 16.9. The van der Waals surface area contributed by atoms with Gasteiger partial charge in [-0.05, 0) is 63.2 Å². The Morgan fingerprint density at radius 2 is 1.87 bits per heavy atom. The predicted molar refractivity (Wildman–Crippen MR) is 88.1 cm³/mol. The van der Waals surface area contributed by atoms with E-state index < -0.39 is 16.0 Å². The van der Waals surface area contributed by atoms with Crippen LogP contribution in [0.3, 0.4) is 0 Å². The van der Waals surface area contributed by atoms with Crippen molar-refractivity contribution in [3.05, 3.63) is 29.8 Å². The van der Waals surface area contributed by atoms with Crippen molar-refractivity contribution in [2.75, 3.05) is 19.6 Å². The highest BCUT2D eigenvalue weighted by molar-refractivity contribution is 7.89. The lowest BCUT2D eigenvalue weighted by atomic mass is 10.1. The second kappa shape index (κ2) is 7.90. The minimum Gasteiger partial charge on any atom is -0.478 e. The van der Waals surface area contributed by atoms with Crippen LogP contribution in [0, 0.1) is 0 Å². The highest BCUT2D eigenvalue weighted by Gasteiger charge is 2.24. The number of piperidine rings is 1. The summed E-state index contributed by atoms with van der Waals surface area (Å²) in [7, 11) is -3.60. The molecular weight excluding hydrogens is 316 g/mol. The lowest BCUT2D eigenvalue weighted by Crippen LogP contribution is -2.44. The van der Waals surface area contributed by atoms with Crippen LogP contribution < -0.4 is 4.72 Å². The first-order valence-electron chi connectivity index (χ1n) is 8.00. The number of rotatable bonds is 7. The summed E-state index contributed by atoms with van der Waals surface area (Å²) in [4.78, 5) is 13.3. The van der Waals surface area contributed by atoms with Crippen LogP contribution in [0.2, 0.25) is 0 Å². The number of carboxylic acid groups (broad SMARTS) is 1. The molecule has 0 unspecified atom stereocenters. The molecule has 0 atom stereocenters. The van der Waals surface area contributed by atoms with Crippen molar-refractivity contribution in [1.29, 1.82) is 0 Å². The van der Waals surface area contributed by atoms with Gasteiger partial charge in [0.25, 0.3) is 0 Å². The number of nitrogens with zero attached hydrogens (tertiary/aromatic N) is 1. The summed E-state index contributed by atoms with van der Waals surface area (Å²) in [5.74, 6) is -1.07. The van der Waals surface area contributed by atoms with Gasteiger partial charge in [-0.1, -0.05) is 13.3 Å². The Balaban J connectivity index is 1.93. The molecule has 1 aliphatic heterocycles. The van der Waals surface area contributed by atoms with Crippen LogP contribution in [0.5, 0.6) is 0 Å². The molecular formula is C16H24N2O4S. The molecule has 7 heteroatoms. The highest BCUT2D eigenvalue weighted by atomic mass is 32.2. The molecule has 6 nitrogen and oxygen atoms in total. The maximum atomic E-state index is 12.4. The molecule has 0 bridgehead atoms. The quantitative estimate of drug-likeness (QED) is 0.792. The van der Waals surface area contributed by atoms with Gasteiger partial charge in [-0.2, -0.15) is 0 Å². The average Bonchev–Trinajstić information content (AvgIpc) is 2.54. The fourth-order valence-electron chi connectivity index (χ4n) is 2.72. The Hall–Kier alpha value is -1.44. The Kier molecular flexibility index (Phi) is 6.15. The van der Waals surface area contributed by atoms with Gasteiger partial charge in [0.15, 0.2) is 0 Å². The van der Waals surface area contributed by atoms with Gasteiger partial charge < -0.3 is 10.0 Å². The van der Waals surface area contributed by atoms with E-state index in [1.165, 1.54) is 37.1 Å². The third kappa shape index (κ3) is 5.02. The van der Waals surface area contributed by atoms with E-state index in [2.05, 4.69) is 16.5 Å². The molecule has 0 aliphatic carbocycles. The van der Waals surface area contributed by atoms with Crippen molar-refractivity contribution in [3.8, 4) is 0 Å². The van der Waals surface area contributed by atoms with Gasteiger partial charge >= 0.3 is 5.97 Å². The average molecular weight is 340 g/mol. The van der Waals surface area contributed by atoms with Crippen LogP contribution in [0.4, 0.5) is 0 Å². The van der Waals surface area contributed by atoms with Gasteiger partial charge in [-0.3, -0.25) is 0 Å². The molecule has 128 valence electrons. The summed E-state index contributed by atoms with van der Waals surface area (Å²) in [6.45, 7) is 5.05. The standard InChI is InChI=1S/C16H24N2O4S/c1-2-3-10-18-11-8-14(9-12-18)17-23(21,22)15-6-4-13(5-7-15)16(19)20/h4-7,14,17H,2-3,8-12H2,1H3,(H,19,20). The van der Waals surface area contributed by atoms with Gasteiger partial charge in [0.2, 0.25) is 10.0 Å². The minimum absolute atomic E-state index is 0.0583. The van der Waals surface area contributed by atoms with Gasteiger partial charge in [0.1, 0.15) is 0 Å². The summed E-state index contributed by atoms with van der Waals surface area (Å²) < 4.78 is 27.5. The lowest BCUT2D eigenvalue weighted by molar-refractivity contribution is 0.0696. The zero-order valence-corrected chi connectivity index (χ0v) is 14.2. The smallest absolute Gasteiger partial charge is 0.335 e. The third-order valence-electron chi connectivity index (χ3n) is 4.15. The van der Waals surface area contributed by atoms with E-state index in [-0.39, 0.29) is 16.5 Å². The van der Waals surface area contributed by atoms with E-state index in [9.17, 15) is 13.2 Å². The molecule has 1 aliphatic rings. The van der Waals surface area contributed by atoms with Crippen LogP contribution in [0.15, 0.2) is 29.2 Å². The molecule has 1 heterocycles. The molecule has 0 saturated carbocycles. The summed E-state index contributed by atoms with van der Waals surface area (Å²) >= 11 is 0. The van der Waals surface area contributed by atoms with Crippen LogP contribution >= 0.6 is 0 Å². The van der Waals surface area contributed by atoms with E-state index in [1.54, 1.807) is 0 Å². The fourth-order valence-corrected chi connectivity index (χ4v) is 4.03. The first-order chi connectivity index (χ1) is 10.9. The normalized spacial score (nSPS) is 17.3. The molecule has 0 radical (unpaired) electrons. The van der Waals surface area contributed by atoms with Crippen molar-refractivity contribution < 1.29 is 18.3 Å². The summed E-state index contributed by atoms with van der Waals surface area (Å²) in [6.07, 6.45) is 3.94. The molecule has 0 amide bonds. The van der Waals surface area contributed by atoms with Crippen LogP contribution in [0.25, 0.3) is 0 Å². The Labute approximate surface area is 137 Å². The van der Waals surface area contributed by atoms with Crippen LogP contribution in [-0.2, 0) is 10.0 Å². The largest absolute Gasteiger partial charge is 0.478 e. The molecule has 1 aromatic rings. The molecule has 1 saturated heterocycles. The molecule has 2 rings (SSSR count). The van der Waals surface area contributed by atoms with Crippen molar-refractivity contribution in [2.45, 2.75) is 43.5 Å². The molecule has 2 N–H and O–H groups in total. The summed E-state index contributed by atoms with van der Waals surface area (Å²) in [5.41, 5.74) is 0.0770. The number of sulfonamides is 1. The minimum atomic E-state index is -3.60. The maximum Gasteiger partial charge on any atom is 0.335 e. The highest BCUT2D eigenvalue weighted by Crippen LogP contribution is 2.16. The van der Waals surface area contributed by atoms with Crippen LogP contribution in [-0.4, -0.2) is 50.1 Å². The van der Waals surface area contributed by atoms with Crippen molar-refractivity contribution in [1.82, 2.24) is 9.62 Å². The number of hydrogen-bond donors (Lipinski definition) is 2. The predicted octanol–water partition coefficient (Wildman–Crippen LogP) is 1.93. The number of unbranched alkanes of at least 4 members (excludes halogenated alkanes) is 1. The topological polar surface area (TPSA) is 86.7 Å². The van der Waals surface area contributed by atoms with Crippen molar-refractivity contribution >= 4 is 16.0 Å². The second-order valence-corrected chi connectivity index (χ2v) is 7.63. The molecule has 0 spiro atoms. The molecule has 1 fully saturated rings. The van der Waals surface area contributed by atoms with E-state index in [0.717, 1.165) is 32.5 Å². The molecule has 0 aromatic heterocycles. The van der Waals surface area contributed by atoms with Gasteiger partial charge in [0, 0.05) is 6.04 Å². The molecule has 23 heavy (non-hydrogen) atoms. The maximum absolute atomic E-state index is 12.4. The number of benzene rings is 1. The zero-order valence-electron chi connectivity index (χ0n) is 13.4. The van der Waals surface area contributed by atoms with Gasteiger partial charge in [0.05, 0.1) is 10.5 Å². The number of hydrogen-bond acceptors (Lipinski definition) is 4. The van der Waals surface area contributed by atoms with Gasteiger partial charge in [-0.25, -0.2) is 17.9 Å². The summed E-state index contributed by atoms with van der Waals surface area (Å²) in [5, 5.41) is 8.86. The summed E-state index contributed by atoms with van der Waals surface area (Å²) in [6, 6.07) is 5.23. The first-order valence-corrected chi connectivity index (χ1v) is 9.48. The number of likely N-dealkylation sites (tertiary alicyclic amines) is 1.